The topological polar surface area (TPSA) is 92.2 Å². The molecule has 0 aliphatic carbocycles. The summed E-state index contributed by atoms with van der Waals surface area (Å²) in [4.78, 5) is 32.3. The van der Waals surface area contributed by atoms with Gasteiger partial charge in [0, 0.05) is 48.4 Å². The van der Waals surface area contributed by atoms with E-state index in [9.17, 15) is 14.9 Å². The number of piperazine rings is 1. The summed E-state index contributed by atoms with van der Waals surface area (Å²) in [5.74, 6) is 1.02. The number of aliphatic imine (C=N–C) groups is 1. The number of para-hydroxylation sites is 2. The summed E-state index contributed by atoms with van der Waals surface area (Å²) < 4.78 is 6.90. The minimum absolute atomic E-state index is 0.102. The van der Waals surface area contributed by atoms with Crippen molar-refractivity contribution in [2.45, 2.75) is 0 Å². The average molecular weight is 539 g/mol. The number of carbonyl (C=O) groups is 1. The number of halogens is 1. The summed E-state index contributed by atoms with van der Waals surface area (Å²) in [6.07, 6.45) is 1.72. The quantitative estimate of drug-likeness (QED) is 0.249. The molecule has 0 radical (unpaired) electrons. The molecule has 0 bridgehead atoms. The lowest BCUT2D eigenvalue weighted by atomic mass is 10.2. The minimum atomic E-state index is -0.356. The molecule has 1 aromatic heterocycles. The monoisotopic (exact) mass is 538 g/mol. The molecular weight excluding hydrogens is 520 g/mol. The molecule has 0 N–H and O–H groups in total. The first-order valence-electron chi connectivity index (χ1n) is 10.6. The lowest BCUT2D eigenvalue weighted by Gasteiger charge is -2.36. The van der Waals surface area contributed by atoms with Crippen molar-refractivity contribution in [1.82, 2.24) is 4.90 Å². The molecule has 1 fully saturated rings. The molecule has 0 unspecified atom stereocenters. The van der Waals surface area contributed by atoms with Crippen molar-refractivity contribution in [1.29, 1.82) is 0 Å². The van der Waals surface area contributed by atoms with Gasteiger partial charge in [-0.3, -0.25) is 14.9 Å². The highest BCUT2D eigenvalue weighted by Crippen LogP contribution is 2.33. The molecule has 5 rings (SSSR count). The molecule has 2 aromatic carbocycles. The first-order chi connectivity index (χ1) is 16.5. The predicted octanol–water partition coefficient (Wildman–Crippen LogP) is 5.41. The van der Waals surface area contributed by atoms with Crippen molar-refractivity contribution >= 4 is 56.2 Å². The number of benzene rings is 2. The Morgan fingerprint density at radius 1 is 1.00 bits per heavy atom. The molecular formula is C24H19BrN4O4S. The van der Waals surface area contributed by atoms with Crippen molar-refractivity contribution in [3.63, 3.8) is 0 Å². The van der Waals surface area contributed by atoms with Crippen molar-refractivity contribution in [3.8, 4) is 11.3 Å². The lowest BCUT2D eigenvalue weighted by molar-refractivity contribution is -0.384. The Hall–Kier alpha value is -3.37. The number of nitro benzene ring substituents is 1. The van der Waals surface area contributed by atoms with Gasteiger partial charge in [-0.15, -0.1) is 0 Å². The van der Waals surface area contributed by atoms with Crippen LogP contribution >= 0.6 is 27.7 Å². The van der Waals surface area contributed by atoms with Crippen molar-refractivity contribution < 1.29 is 14.1 Å². The van der Waals surface area contributed by atoms with Gasteiger partial charge >= 0.3 is 0 Å². The van der Waals surface area contributed by atoms with Crippen LogP contribution in [0.1, 0.15) is 5.76 Å². The van der Waals surface area contributed by atoms with E-state index in [0.717, 1.165) is 15.8 Å². The molecule has 2 aliphatic heterocycles. The largest absolute Gasteiger partial charge is 0.457 e. The summed E-state index contributed by atoms with van der Waals surface area (Å²) in [5, 5.41) is 12.0. The number of furan rings is 1. The maximum atomic E-state index is 12.5. The fraction of sp³-hybridized carbons (Fsp3) is 0.167. The number of amidine groups is 1. The van der Waals surface area contributed by atoms with Gasteiger partial charge in [0.15, 0.2) is 5.17 Å². The van der Waals surface area contributed by atoms with E-state index < -0.39 is 0 Å². The number of amides is 1. The number of thioether (sulfide) groups is 1. The van der Waals surface area contributed by atoms with E-state index in [0.29, 0.717) is 47.7 Å². The van der Waals surface area contributed by atoms with Gasteiger partial charge in [-0.25, -0.2) is 0 Å². The van der Waals surface area contributed by atoms with E-state index in [4.69, 9.17) is 4.42 Å². The van der Waals surface area contributed by atoms with Crippen LogP contribution in [-0.2, 0) is 4.79 Å². The van der Waals surface area contributed by atoms with Crippen molar-refractivity contribution in [2.24, 2.45) is 4.99 Å². The Bertz CT molecular complexity index is 1310. The molecule has 172 valence electrons. The van der Waals surface area contributed by atoms with Crippen LogP contribution in [0.3, 0.4) is 0 Å². The Balaban J connectivity index is 1.24. The average Bonchev–Trinajstić information content (AvgIpc) is 3.47. The third kappa shape index (κ3) is 4.64. The first kappa shape index (κ1) is 22.4. The Labute approximate surface area is 208 Å². The van der Waals surface area contributed by atoms with Gasteiger partial charge < -0.3 is 14.2 Å². The normalized spacial score (nSPS) is 17.4. The Morgan fingerprint density at radius 2 is 1.71 bits per heavy atom. The van der Waals surface area contributed by atoms with Gasteiger partial charge in [0.2, 0.25) is 0 Å². The van der Waals surface area contributed by atoms with Crippen LogP contribution in [0.5, 0.6) is 0 Å². The summed E-state index contributed by atoms with van der Waals surface area (Å²) in [6.45, 7) is 2.44. The second kappa shape index (κ2) is 9.47. The molecule has 1 saturated heterocycles. The zero-order chi connectivity index (χ0) is 23.7. The van der Waals surface area contributed by atoms with Crippen LogP contribution < -0.4 is 4.90 Å². The number of nitrogens with zero attached hydrogens (tertiary/aromatic N) is 4. The number of hydrogen-bond donors (Lipinski definition) is 0. The van der Waals surface area contributed by atoms with E-state index in [2.05, 4.69) is 20.9 Å². The summed E-state index contributed by atoms with van der Waals surface area (Å²) in [5.41, 5.74) is 1.67. The molecule has 0 saturated carbocycles. The van der Waals surface area contributed by atoms with E-state index in [1.165, 1.54) is 17.8 Å². The van der Waals surface area contributed by atoms with E-state index in [1.807, 2.05) is 46.2 Å². The molecule has 3 heterocycles. The zero-order valence-electron chi connectivity index (χ0n) is 17.9. The standard InChI is InChI=1S/C24H19BrN4O4S/c25-17-7-5-16(6-8-17)21-10-9-18(33-21)15-22-23(30)26-24(34-22)28-13-11-27(12-14-28)19-3-1-2-4-20(19)29(31)32/h1-10,15H,11-14H2/b22-15-. The highest BCUT2D eigenvalue weighted by atomic mass is 79.9. The highest BCUT2D eigenvalue weighted by molar-refractivity contribution is 9.10. The third-order valence-corrected chi connectivity index (χ3v) is 7.18. The molecule has 1 amide bonds. The van der Waals surface area contributed by atoms with Crippen molar-refractivity contribution in [3.05, 3.63) is 85.9 Å². The van der Waals surface area contributed by atoms with Gasteiger partial charge in [-0.05, 0) is 42.1 Å². The number of rotatable bonds is 4. The molecule has 0 atom stereocenters. The van der Waals surface area contributed by atoms with Crippen LogP contribution in [0.4, 0.5) is 11.4 Å². The fourth-order valence-electron chi connectivity index (χ4n) is 3.89. The third-order valence-electron chi connectivity index (χ3n) is 5.61. The molecule has 8 nitrogen and oxygen atoms in total. The maximum Gasteiger partial charge on any atom is 0.292 e. The van der Waals surface area contributed by atoms with Crippen LogP contribution in [0, 0.1) is 10.1 Å². The van der Waals surface area contributed by atoms with Crippen LogP contribution in [-0.4, -0.2) is 47.1 Å². The van der Waals surface area contributed by atoms with E-state index in [-0.39, 0.29) is 16.5 Å². The maximum absolute atomic E-state index is 12.5. The minimum Gasteiger partial charge on any atom is -0.457 e. The Morgan fingerprint density at radius 3 is 2.44 bits per heavy atom. The van der Waals surface area contributed by atoms with Crippen molar-refractivity contribution in [2.75, 3.05) is 31.1 Å². The van der Waals surface area contributed by atoms with Gasteiger partial charge in [0.05, 0.1) is 9.83 Å². The molecule has 3 aromatic rings. The number of nitro groups is 1. The van der Waals surface area contributed by atoms with Crippen LogP contribution in [0.15, 0.2) is 79.5 Å². The van der Waals surface area contributed by atoms with Gasteiger partial charge in [-0.1, -0.05) is 40.2 Å². The SMILES string of the molecule is O=C1N=C(N2CCN(c3ccccc3[N+](=O)[O-])CC2)S/C1=C\c1ccc(-c2ccc(Br)cc2)o1. The van der Waals surface area contributed by atoms with Crippen LogP contribution in [0.25, 0.3) is 17.4 Å². The first-order valence-corrected chi connectivity index (χ1v) is 12.2. The molecule has 2 aliphatic rings. The van der Waals surface area contributed by atoms with E-state index >= 15 is 0 Å². The summed E-state index contributed by atoms with van der Waals surface area (Å²) >= 11 is 4.75. The summed E-state index contributed by atoms with van der Waals surface area (Å²) in [7, 11) is 0. The predicted molar refractivity (Wildman–Crippen MR) is 137 cm³/mol. The van der Waals surface area contributed by atoms with Gasteiger partial charge in [0.25, 0.3) is 11.6 Å². The summed E-state index contributed by atoms with van der Waals surface area (Å²) in [6, 6.07) is 18.3. The van der Waals surface area contributed by atoms with Crippen LogP contribution in [0.2, 0.25) is 0 Å². The van der Waals surface area contributed by atoms with E-state index in [1.54, 1.807) is 24.3 Å². The zero-order valence-corrected chi connectivity index (χ0v) is 20.3. The highest BCUT2D eigenvalue weighted by Gasteiger charge is 2.30. The molecule has 10 heteroatoms. The fourth-order valence-corrected chi connectivity index (χ4v) is 5.10. The Kier molecular flexibility index (Phi) is 6.25. The number of anilines is 1. The lowest BCUT2D eigenvalue weighted by Crippen LogP contribution is -2.48. The smallest absolute Gasteiger partial charge is 0.292 e. The molecule has 0 spiro atoms. The number of hydrogen-bond acceptors (Lipinski definition) is 7. The molecule has 34 heavy (non-hydrogen) atoms. The van der Waals surface area contributed by atoms with Gasteiger partial charge in [-0.2, -0.15) is 4.99 Å². The number of carbonyl (C=O) groups excluding carboxylic acids is 1. The second-order valence-corrected chi connectivity index (χ2v) is 9.66. The van der Waals surface area contributed by atoms with Gasteiger partial charge in [0.1, 0.15) is 17.2 Å². The second-order valence-electron chi connectivity index (χ2n) is 7.74.